The van der Waals surface area contributed by atoms with E-state index < -0.39 is 0 Å². The molecule has 0 radical (unpaired) electrons. The summed E-state index contributed by atoms with van der Waals surface area (Å²) in [7, 11) is 0. The maximum atomic E-state index is 13.7. The van der Waals surface area contributed by atoms with Crippen LogP contribution in [-0.2, 0) is 0 Å². The van der Waals surface area contributed by atoms with Gasteiger partial charge >= 0.3 is 0 Å². The molecule has 0 aliphatic rings. The normalized spacial score (nSPS) is 10.5. The van der Waals surface area contributed by atoms with Gasteiger partial charge in [-0.25, -0.2) is 9.37 Å². The molecule has 0 aliphatic carbocycles. The van der Waals surface area contributed by atoms with Crippen molar-refractivity contribution in [2.24, 2.45) is 0 Å². The van der Waals surface area contributed by atoms with Crippen LogP contribution in [0.25, 0.3) is 22.5 Å². The summed E-state index contributed by atoms with van der Waals surface area (Å²) in [6.45, 7) is 2.68. The summed E-state index contributed by atoms with van der Waals surface area (Å²) >= 11 is 0. The molecular weight excluding hydrogens is 329 g/mol. The van der Waals surface area contributed by atoms with Crippen LogP contribution in [0.4, 0.5) is 4.39 Å². The zero-order valence-electron chi connectivity index (χ0n) is 14.6. The first kappa shape index (κ1) is 17.7. The van der Waals surface area contributed by atoms with Crippen LogP contribution in [0.3, 0.4) is 0 Å². The van der Waals surface area contributed by atoms with Gasteiger partial charge in [0.25, 0.3) is 5.91 Å². The van der Waals surface area contributed by atoms with E-state index >= 15 is 0 Å². The minimum absolute atomic E-state index is 0.221. The van der Waals surface area contributed by atoms with E-state index in [-0.39, 0.29) is 11.7 Å². The van der Waals surface area contributed by atoms with Gasteiger partial charge in [0, 0.05) is 18.3 Å². The van der Waals surface area contributed by atoms with Crippen molar-refractivity contribution in [2.75, 3.05) is 6.54 Å². The van der Waals surface area contributed by atoms with Gasteiger partial charge in [-0.15, -0.1) is 0 Å². The molecule has 132 valence electrons. The molecule has 0 unspecified atom stereocenters. The number of nitrogens with zero attached hydrogens (tertiary/aromatic N) is 2. The number of hydrogen-bond acceptors (Lipinski definition) is 3. The third-order valence-electron chi connectivity index (χ3n) is 3.99. The number of halogens is 1. The second-order valence-corrected chi connectivity index (χ2v) is 5.93. The molecule has 26 heavy (non-hydrogen) atoms. The lowest BCUT2D eigenvalue weighted by molar-refractivity contribution is 0.0948. The van der Waals surface area contributed by atoms with E-state index in [1.807, 2.05) is 24.3 Å². The molecule has 0 saturated heterocycles. The maximum absolute atomic E-state index is 13.7. The zero-order valence-corrected chi connectivity index (χ0v) is 14.6. The summed E-state index contributed by atoms with van der Waals surface area (Å²) in [5.41, 5.74) is 2.93. The Balaban J connectivity index is 2.04. The van der Waals surface area contributed by atoms with E-state index in [0.29, 0.717) is 29.2 Å². The minimum atomic E-state index is -0.323. The van der Waals surface area contributed by atoms with Gasteiger partial charge in [0.05, 0.1) is 11.4 Å². The molecule has 0 fully saturated rings. The van der Waals surface area contributed by atoms with Crippen molar-refractivity contribution < 1.29 is 9.18 Å². The average Bonchev–Trinajstić information content (AvgIpc) is 2.68. The molecule has 1 N–H and O–H groups in total. The molecule has 1 aromatic carbocycles. The number of nitrogens with one attached hydrogen (secondary N) is 1. The van der Waals surface area contributed by atoms with Gasteiger partial charge in [-0.2, -0.15) is 0 Å². The molecule has 0 spiro atoms. The molecule has 0 bridgehead atoms. The third kappa shape index (κ3) is 4.11. The Labute approximate surface area is 152 Å². The Morgan fingerprint density at radius 1 is 1.12 bits per heavy atom. The lowest BCUT2D eigenvalue weighted by Gasteiger charge is -2.11. The molecule has 0 saturated carbocycles. The Kier molecular flexibility index (Phi) is 5.69. The van der Waals surface area contributed by atoms with E-state index in [0.717, 1.165) is 18.4 Å². The first-order valence-corrected chi connectivity index (χ1v) is 8.65. The number of carbonyl (C=O) groups is 1. The Hall–Kier alpha value is -3.08. The van der Waals surface area contributed by atoms with Gasteiger partial charge in [-0.05, 0) is 48.4 Å². The van der Waals surface area contributed by atoms with Crippen LogP contribution >= 0.6 is 0 Å². The van der Waals surface area contributed by atoms with Crippen LogP contribution in [0, 0.1) is 5.82 Å². The maximum Gasteiger partial charge on any atom is 0.269 e. The van der Waals surface area contributed by atoms with Crippen molar-refractivity contribution >= 4 is 5.91 Å². The number of pyridine rings is 2. The summed E-state index contributed by atoms with van der Waals surface area (Å²) in [6.07, 6.45) is 3.59. The van der Waals surface area contributed by atoms with Crippen molar-refractivity contribution in [3.63, 3.8) is 0 Å². The van der Waals surface area contributed by atoms with Crippen molar-refractivity contribution in [3.05, 3.63) is 72.3 Å². The standard InChI is InChI=1S/C21H20FN3O/c1-2-3-12-24-21(26)19-11-10-17(15-7-6-8-16(22)14-15)20(25-19)18-9-4-5-13-23-18/h4-11,13-14H,2-3,12H2,1H3,(H,24,26). The molecule has 2 aromatic heterocycles. The van der Waals surface area contributed by atoms with E-state index in [1.54, 1.807) is 24.4 Å². The fraction of sp³-hybridized carbons (Fsp3) is 0.190. The molecule has 0 atom stereocenters. The summed E-state index contributed by atoms with van der Waals surface area (Å²) < 4.78 is 13.7. The van der Waals surface area contributed by atoms with Gasteiger partial charge in [-0.3, -0.25) is 9.78 Å². The van der Waals surface area contributed by atoms with E-state index in [9.17, 15) is 9.18 Å². The van der Waals surface area contributed by atoms with Crippen molar-refractivity contribution in [3.8, 4) is 22.5 Å². The van der Waals surface area contributed by atoms with Crippen molar-refractivity contribution in [1.29, 1.82) is 0 Å². The minimum Gasteiger partial charge on any atom is -0.351 e. The molecule has 4 nitrogen and oxygen atoms in total. The van der Waals surface area contributed by atoms with E-state index in [2.05, 4.69) is 22.2 Å². The number of amides is 1. The largest absolute Gasteiger partial charge is 0.351 e. The monoisotopic (exact) mass is 349 g/mol. The molecule has 0 aliphatic heterocycles. The van der Waals surface area contributed by atoms with Gasteiger partial charge in [0.15, 0.2) is 0 Å². The predicted molar refractivity (Wildman–Crippen MR) is 100 cm³/mol. The van der Waals surface area contributed by atoms with Crippen LogP contribution in [0.1, 0.15) is 30.3 Å². The zero-order chi connectivity index (χ0) is 18.4. The first-order valence-electron chi connectivity index (χ1n) is 8.65. The first-order chi connectivity index (χ1) is 12.7. The number of rotatable bonds is 6. The van der Waals surface area contributed by atoms with Crippen LogP contribution in [-0.4, -0.2) is 22.4 Å². The second-order valence-electron chi connectivity index (χ2n) is 5.93. The summed E-state index contributed by atoms with van der Waals surface area (Å²) in [4.78, 5) is 21.2. The van der Waals surface area contributed by atoms with Crippen molar-refractivity contribution in [1.82, 2.24) is 15.3 Å². The fourth-order valence-electron chi connectivity index (χ4n) is 2.64. The molecule has 1 amide bonds. The summed E-state index contributed by atoms with van der Waals surface area (Å²) in [5.74, 6) is -0.544. The Morgan fingerprint density at radius 2 is 2.00 bits per heavy atom. The number of unbranched alkanes of at least 4 members (excludes halogenated alkanes) is 1. The molecule has 2 heterocycles. The molecule has 3 aromatic rings. The highest BCUT2D eigenvalue weighted by Gasteiger charge is 2.15. The SMILES string of the molecule is CCCCNC(=O)c1ccc(-c2cccc(F)c2)c(-c2ccccn2)n1. The van der Waals surface area contributed by atoms with Gasteiger partial charge in [-0.1, -0.05) is 31.5 Å². The highest BCUT2D eigenvalue weighted by atomic mass is 19.1. The number of benzene rings is 1. The third-order valence-corrected chi connectivity index (χ3v) is 3.99. The van der Waals surface area contributed by atoms with E-state index in [1.165, 1.54) is 12.1 Å². The summed E-state index contributed by atoms with van der Waals surface area (Å²) in [6, 6.07) is 15.3. The summed E-state index contributed by atoms with van der Waals surface area (Å²) in [5, 5.41) is 2.87. The number of carbonyl (C=O) groups excluding carboxylic acids is 1. The van der Waals surface area contributed by atoms with Crippen LogP contribution < -0.4 is 5.32 Å². The Morgan fingerprint density at radius 3 is 2.73 bits per heavy atom. The highest BCUT2D eigenvalue weighted by molar-refractivity contribution is 5.94. The molecular formula is C21H20FN3O. The fourth-order valence-corrected chi connectivity index (χ4v) is 2.64. The average molecular weight is 349 g/mol. The van der Waals surface area contributed by atoms with Crippen LogP contribution in [0.5, 0.6) is 0 Å². The Bertz CT molecular complexity index is 897. The molecule has 5 heteroatoms. The van der Waals surface area contributed by atoms with Crippen LogP contribution in [0.2, 0.25) is 0 Å². The number of aromatic nitrogens is 2. The van der Waals surface area contributed by atoms with Gasteiger partial charge in [0.1, 0.15) is 11.5 Å². The highest BCUT2D eigenvalue weighted by Crippen LogP contribution is 2.30. The quantitative estimate of drug-likeness (QED) is 0.668. The van der Waals surface area contributed by atoms with E-state index in [4.69, 9.17) is 0 Å². The smallest absolute Gasteiger partial charge is 0.269 e. The second kappa shape index (κ2) is 8.34. The number of hydrogen-bond donors (Lipinski definition) is 1. The lowest BCUT2D eigenvalue weighted by Crippen LogP contribution is -2.25. The van der Waals surface area contributed by atoms with Crippen molar-refractivity contribution in [2.45, 2.75) is 19.8 Å². The van der Waals surface area contributed by atoms with Gasteiger partial charge < -0.3 is 5.32 Å². The lowest BCUT2D eigenvalue weighted by atomic mass is 10.0. The van der Waals surface area contributed by atoms with Crippen LogP contribution in [0.15, 0.2) is 60.8 Å². The molecule has 3 rings (SSSR count). The van der Waals surface area contributed by atoms with Gasteiger partial charge in [0.2, 0.25) is 0 Å². The topological polar surface area (TPSA) is 54.9 Å². The predicted octanol–water partition coefficient (Wildman–Crippen LogP) is 4.48.